The molecule has 0 N–H and O–H groups in total. The van der Waals surface area contributed by atoms with Crippen molar-refractivity contribution in [1.82, 2.24) is 0 Å². The average Bonchev–Trinajstić information content (AvgIpc) is 3.43. The lowest BCUT2D eigenvalue weighted by atomic mass is 10.0. The van der Waals surface area contributed by atoms with Crippen molar-refractivity contribution in [3.05, 3.63) is 97.2 Å². The molecule has 0 saturated carbocycles. The summed E-state index contributed by atoms with van der Waals surface area (Å²) in [6.45, 7) is 6.51. The summed E-state index contributed by atoms with van der Waals surface area (Å²) in [5.41, 5.74) is 0. The Kier molecular flexibility index (Phi) is 61.8. The van der Waals surface area contributed by atoms with Crippen LogP contribution in [-0.4, -0.2) is 37.2 Å². The lowest BCUT2D eigenvalue weighted by Gasteiger charge is -2.18. The van der Waals surface area contributed by atoms with Crippen molar-refractivity contribution < 1.29 is 28.6 Å². The molecule has 0 spiro atoms. The number of ether oxygens (including phenoxy) is 3. The highest BCUT2D eigenvalue weighted by atomic mass is 16.6. The fourth-order valence-corrected chi connectivity index (χ4v) is 9.14. The predicted molar refractivity (Wildman–Crippen MR) is 334 cm³/mol. The maximum Gasteiger partial charge on any atom is 0.306 e. The van der Waals surface area contributed by atoms with Crippen LogP contribution in [-0.2, 0) is 28.6 Å². The maximum atomic E-state index is 12.9. The van der Waals surface area contributed by atoms with Crippen molar-refractivity contribution in [3.8, 4) is 0 Å². The first-order chi connectivity index (χ1) is 38.0. The van der Waals surface area contributed by atoms with E-state index in [-0.39, 0.29) is 31.1 Å². The fraction of sp³-hybridized carbons (Fsp3) is 0.732. The molecule has 1 atom stereocenters. The first-order valence-corrected chi connectivity index (χ1v) is 32.7. The van der Waals surface area contributed by atoms with E-state index in [0.717, 1.165) is 109 Å². The third-order valence-electron chi connectivity index (χ3n) is 14.0. The van der Waals surface area contributed by atoms with E-state index in [1.807, 2.05) is 0 Å². The van der Waals surface area contributed by atoms with Gasteiger partial charge < -0.3 is 14.2 Å². The van der Waals surface area contributed by atoms with Crippen LogP contribution in [0.3, 0.4) is 0 Å². The molecule has 0 amide bonds. The molecule has 6 heteroatoms. The Morgan fingerprint density at radius 3 is 0.831 bits per heavy atom. The molecule has 0 aromatic heterocycles. The standard InChI is InChI=1S/C71H122O6/c1-4-7-10-13-16-19-22-25-28-30-31-32-33-34-35-36-37-38-39-41-43-46-49-52-55-58-61-64-70(73)76-67-68(66-75-69(72)63-60-57-54-51-48-45-42-27-24-21-18-15-12-9-6-3)77-71(74)65-62-59-56-53-50-47-44-40-29-26-23-20-17-14-11-8-5-2/h7,10,16-17,19-20,25-29,31-32,34-35,42,68H,4-6,8-9,11-15,18,21-24,30,33,36-41,43-67H2,1-3H3/b10-7-,19-16-,20-17-,28-25-,29-26-,32-31-,35-34-,42-27-. The maximum absolute atomic E-state index is 12.9. The third kappa shape index (κ3) is 63.0. The smallest absolute Gasteiger partial charge is 0.306 e. The van der Waals surface area contributed by atoms with Crippen molar-refractivity contribution in [2.24, 2.45) is 0 Å². The molecular weight excluding hydrogens is 949 g/mol. The minimum Gasteiger partial charge on any atom is -0.462 e. The Balaban J connectivity index is 4.33. The van der Waals surface area contributed by atoms with Crippen LogP contribution in [0.25, 0.3) is 0 Å². The summed E-state index contributed by atoms with van der Waals surface area (Å²) < 4.78 is 16.9. The monoisotopic (exact) mass is 1070 g/mol. The van der Waals surface area contributed by atoms with E-state index in [2.05, 4.69) is 118 Å². The van der Waals surface area contributed by atoms with Gasteiger partial charge in [0.05, 0.1) is 0 Å². The van der Waals surface area contributed by atoms with E-state index in [0.29, 0.717) is 19.3 Å². The zero-order chi connectivity index (χ0) is 55.7. The zero-order valence-corrected chi connectivity index (χ0v) is 50.7. The molecule has 0 saturated heterocycles. The van der Waals surface area contributed by atoms with Crippen molar-refractivity contribution >= 4 is 17.9 Å². The van der Waals surface area contributed by atoms with Crippen LogP contribution in [0.15, 0.2) is 97.2 Å². The number of allylic oxidation sites excluding steroid dienone is 16. The summed E-state index contributed by atoms with van der Waals surface area (Å²) in [5.74, 6) is -0.892. The minimum absolute atomic E-state index is 0.0838. The number of rotatable bonds is 59. The average molecular weight is 1070 g/mol. The van der Waals surface area contributed by atoms with E-state index in [1.165, 1.54) is 167 Å². The molecule has 0 fully saturated rings. The topological polar surface area (TPSA) is 78.9 Å². The molecule has 1 unspecified atom stereocenters. The van der Waals surface area contributed by atoms with Crippen molar-refractivity contribution in [2.75, 3.05) is 13.2 Å². The quantitative estimate of drug-likeness (QED) is 0.0261. The molecule has 442 valence electrons. The van der Waals surface area contributed by atoms with Gasteiger partial charge in [0.15, 0.2) is 6.10 Å². The van der Waals surface area contributed by atoms with Gasteiger partial charge in [0.25, 0.3) is 0 Å². The minimum atomic E-state index is -0.788. The van der Waals surface area contributed by atoms with Crippen LogP contribution < -0.4 is 0 Å². The lowest BCUT2D eigenvalue weighted by Crippen LogP contribution is -2.30. The summed E-state index contributed by atoms with van der Waals surface area (Å²) in [6, 6.07) is 0. The van der Waals surface area contributed by atoms with Crippen LogP contribution >= 0.6 is 0 Å². The molecule has 6 nitrogen and oxygen atoms in total. The molecule has 0 aliphatic rings. The SMILES string of the molecule is CC/C=C\C/C=C\C/C=C\C/C=C\C/C=C\CCCCCCCCCCCCCC(=O)OCC(COC(=O)CCCCCCC/C=C\CCCCCCCC)OC(=O)CCCCCCCCC/C=C\C/C=C\CCCCC. The molecule has 0 aromatic carbocycles. The molecule has 0 bridgehead atoms. The van der Waals surface area contributed by atoms with Gasteiger partial charge in [0, 0.05) is 19.3 Å². The van der Waals surface area contributed by atoms with E-state index in [4.69, 9.17) is 14.2 Å². The Bertz CT molecular complexity index is 1510. The third-order valence-corrected chi connectivity index (χ3v) is 14.0. The van der Waals surface area contributed by atoms with Gasteiger partial charge in [-0.25, -0.2) is 0 Å². The number of esters is 3. The first kappa shape index (κ1) is 73.3. The lowest BCUT2D eigenvalue weighted by molar-refractivity contribution is -0.167. The normalized spacial score (nSPS) is 12.7. The molecule has 0 aliphatic carbocycles. The van der Waals surface area contributed by atoms with Gasteiger partial charge in [-0.1, -0.05) is 272 Å². The summed E-state index contributed by atoms with van der Waals surface area (Å²) in [5, 5.41) is 0. The van der Waals surface area contributed by atoms with Gasteiger partial charge in [-0.15, -0.1) is 0 Å². The molecule has 0 aliphatic heterocycles. The molecule has 0 heterocycles. The van der Waals surface area contributed by atoms with Gasteiger partial charge >= 0.3 is 17.9 Å². The summed E-state index contributed by atoms with van der Waals surface area (Å²) in [7, 11) is 0. The number of hydrogen-bond acceptors (Lipinski definition) is 6. The molecular formula is C71H122O6. The predicted octanol–water partition coefficient (Wildman–Crippen LogP) is 22.4. The van der Waals surface area contributed by atoms with Crippen LogP contribution in [0.2, 0.25) is 0 Å². The molecule has 77 heavy (non-hydrogen) atoms. The van der Waals surface area contributed by atoms with Gasteiger partial charge in [-0.3, -0.25) is 14.4 Å². The van der Waals surface area contributed by atoms with Crippen LogP contribution in [0.4, 0.5) is 0 Å². The first-order valence-electron chi connectivity index (χ1n) is 32.7. The Morgan fingerprint density at radius 1 is 0.273 bits per heavy atom. The molecule has 0 aromatic rings. The highest BCUT2D eigenvalue weighted by Crippen LogP contribution is 2.16. The summed E-state index contributed by atoms with van der Waals surface area (Å²) in [4.78, 5) is 38.3. The Morgan fingerprint density at radius 2 is 0.506 bits per heavy atom. The Hall–Kier alpha value is -3.67. The van der Waals surface area contributed by atoms with Gasteiger partial charge in [-0.05, 0) is 122 Å². The number of hydrogen-bond donors (Lipinski definition) is 0. The fourth-order valence-electron chi connectivity index (χ4n) is 9.14. The van der Waals surface area contributed by atoms with Gasteiger partial charge in [0.1, 0.15) is 13.2 Å². The van der Waals surface area contributed by atoms with E-state index >= 15 is 0 Å². The van der Waals surface area contributed by atoms with Gasteiger partial charge in [0.2, 0.25) is 0 Å². The second-order valence-corrected chi connectivity index (χ2v) is 21.6. The zero-order valence-electron chi connectivity index (χ0n) is 50.7. The molecule has 0 radical (unpaired) electrons. The second kappa shape index (κ2) is 64.9. The summed E-state index contributed by atoms with van der Waals surface area (Å²) in [6.07, 6.45) is 86.9. The largest absolute Gasteiger partial charge is 0.462 e. The van der Waals surface area contributed by atoms with Gasteiger partial charge in [-0.2, -0.15) is 0 Å². The van der Waals surface area contributed by atoms with Crippen molar-refractivity contribution in [3.63, 3.8) is 0 Å². The van der Waals surface area contributed by atoms with E-state index in [9.17, 15) is 14.4 Å². The van der Waals surface area contributed by atoms with E-state index < -0.39 is 6.10 Å². The van der Waals surface area contributed by atoms with Crippen molar-refractivity contribution in [2.45, 2.75) is 322 Å². The highest BCUT2D eigenvalue weighted by Gasteiger charge is 2.19. The van der Waals surface area contributed by atoms with Crippen LogP contribution in [0.5, 0.6) is 0 Å². The second-order valence-electron chi connectivity index (χ2n) is 21.6. The van der Waals surface area contributed by atoms with E-state index in [1.54, 1.807) is 0 Å². The van der Waals surface area contributed by atoms with Crippen LogP contribution in [0, 0.1) is 0 Å². The molecule has 0 rings (SSSR count). The highest BCUT2D eigenvalue weighted by molar-refractivity contribution is 5.71. The summed E-state index contributed by atoms with van der Waals surface area (Å²) >= 11 is 0. The number of unbranched alkanes of at least 4 members (excludes halogenated alkanes) is 32. The Labute approximate surface area is 477 Å². The number of carbonyl (C=O) groups excluding carboxylic acids is 3. The van der Waals surface area contributed by atoms with Crippen LogP contribution in [0.1, 0.15) is 316 Å². The van der Waals surface area contributed by atoms with Crippen molar-refractivity contribution in [1.29, 1.82) is 0 Å². The number of carbonyl (C=O) groups is 3.